The number of aryl methyl sites for hydroxylation is 1. The van der Waals surface area contributed by atoms with Gasteiger partial charge in [0, 0.05) is 18.3 Å². The van der Waals surface area contributed by atoms with Crippen LogP contribution in [0.15, 0.2) is 24.3 Å². The van der Waals surface area contributed by atoms with Gasteiger partial charge in [-0.05, 0) is 56.1 Å². The minimum absolute atomic E-state index is 0.00572. The van der Waals surface area contributed by atoms with Crippen molar-refractivity contribution in [2.75, 3.05) is 23.4 Å². The van der Waals surface area contributed by atoms with Gasteiger partial charge in [-0.2, -0.15) is 0 Å². The van der Waals surface area contributed by atoms with Crippen LogP contribution in [-0.4, -0.2) is 42.5 Å². The number of nitrogens with one attached hydrogen (secondary N) is 1. The van der Waals surface area contributed by atoms with Crippen LogP contribution in [0.2, 0.25) is 0 Å². The zero-order valence-corrected chi connectivity index (χ0v) is 15.5. The Bertz CT molecular complexity index is 626. The molecule has 4 nitrogen and oxygen atoms in total. The minimum atomic E-state index is -2.90. The van der Waals surface area contributed by atoms with E-state index in [2.05, 4.69) is 24.4 Å². The fourth-order valence-electron chi connectivity index (χ4n) is 2.92. The Morgan fingerprint density at radius 2 is 2.00 bits per heavy atom. The predicted octanol–water partition coefficient (Wildman–Crippen LogP) is 3.24. The third-order valence-corrected chi connectivity index (χ3v) is 6.36. The van der Waals surface area contributed by atoms with Gasteiger partial charge in [0.15, 0.2) is 14.9 Å². The molecule has 1 heterocycles. The van der Waals surface area contributed by atoms with E-state index in [1.54, 1.807) is 0 Å². The summed E-state index contributed by atoms with van der Waals surface area (Å²) in [6, 6.07) is 8.31. The lowest BCUT2D eigenvalue weighted by atomic mass is 10.1. The number of sulfone groups is 1. The summed E-state index contributed by atoms with van der Waals surface area (Å²) in [5.41, 5.74) is 2.28. The third kappa shape index (κ3) is 5.18. The average molecular weight is 355 g/mol. The quantitative estimate of drug-likeness (QED) is 0.795. The maximum Gasteiger partial charge on any atom is 0.173 e. The highest BCUT2D eigenvalue weighted by atomic mass is 32.2. The zero-order valence-electron chi connectivity index (χ0n) is 13.9. The van der Waals surface area contributed by atoms with Crippen LogP contribution in [0.25, 0.3) is 0 Å². The molecule has 1 aliphatic rings. The number of anilines is 1. The molecule has 128 valence electrons. The summed E-state index contributed by atoms with van der Waals surface area (Å²) >= 11 is 5.49. The van der Waals surface area contributed by atoms with Crippen molar-refractivity contribution in [3.63, 3.8) is 0 Å². The number of benzene rings is 1. The van der Waals surface area contributed by atoms with Crippen molar-refractivity contribution < 1.29 is 8.42 Å². The predicted molar refractivity (Wildman–Crippen MR) is 101 cm³/mol. The second-order valence-corrected chi connectivity index (χ2v) is 8.69. The molecule has 0 spiro atoms. The molecule has 23 heavy (non-hydrogen) atoms. The molecule has 0 aromatic heterocycles. The summed E-state index contributed by atoms with van der Waals surface area (Å²) < 4.78 is 23.4. The molecule has 2 rings (SSSR count). The van der Waals surface area contributed by atoms with Gasteiger partial charge >= 0.3 is 0 Å². The zero-order chi connectivity index (χ0) is 16.9. The van der Waals surface area contributed by atoms with E-state index >= 15 is 0 Å². The Labute approximate surface area is 145 Å². The smallest absolute Gasteiger partial charge is 0.173 e. The summed E-state index contributed by atoms with van der Waals surface area (Å²) in [4.78, 5) is 1.99. The average Bonchev–Trinajstić information content (AvgIpc) is 2.87. The standard InChI is InChI=1S/C17H26N2O2S2/c1-3-5-6-14-7-9-15(10-8-14)18-17(22)19(4-2)16-11-12-23(20,21)13-16/h7-10,16H,3-6,11-13H2,1-2H3,(H,18,22)/t16-/m1/s1. The second kappa shape index (κ2) is 8.11. The molecule has 1 aromatic carbocycles. The molecule has 1 N–H and O–H groups in total. The first-order chi connectivity index (χ1) is 10.9. The van der Waals surface area contributed by atoms with Gasteiger partial charge in [-0.25, -0.2) is 8.42 Å². The third-order valence-electron chi connectivity index (χ3n) is 4.27. The topological polar surface area (TPSA) is 49.4 Å². The monoisotopic (exact) mass is 354 g/mol. The Balaban J connectivity index is 1.96. The van der Waals surface area contributed by atoms with Crippen molar-refractivity contribution in [3.05, 3.63) is 29.8 Å². The van der Waals surface area contributed by atoms with Gasteiger partial charge in [0.2, 0.25) is 0 Å². The van der Waals surface area contributed by atoms with Gasteiger partial charge < -0.3 is 10.2 Å². The maximum atomic E-state index is 11.7. The van der Waals surface area contributed by atoms with Crippen molar-refractivity contribution in [2.24, 2.45) is 0 Å². The van der Waals surface area contributed by atoms with E-state index in [0.717, 1.165) is 12.1 Å². The lowest BCUT2D eigenvalue weighted by Crippen LogP contribution is -2.43. The Morgan fingerprint density at radius 1 is 1.30 bits per heavy atom. The number of hydrogen-bond donors (Lipinski definition) is 1. The van der Waals surface area contributed by atoms with Gasteiger partial charge in [0.1, 0.15) is 0 Å². The molecule has 0 bridgehead atoms. The first kappa shape index (κ1) is 18.2. The summed E-state index contributed by atoms with van der Waals surface area (Å²) in [6.45, 7) is 4.91. The number of hydrogen-bond acceptors (Lipinski definition) is 3. The van der Waals surface area contributed by atoms with Crippen molar-refractivity contribution >= 4 is 32.9 Å². The lowest BCUT2D eigenvalue weighted by Gasteiger charge is -2.29. The molecule has 0 amide bonds. The SMILES string of the molecule is CCCCc1ccc(NC(=S)N(CC)[C@@H]2CCS(=O)(=O)C2)cc1. The second-order valence-electron chi connectivity index (χ2n) is 6.07. The van der Waals surface area contributed by atoms with Crippen LogP contribution >= 0.6 is 12.2 Å². The molecule has 1 aliphatic heterocycles. The normalized spacial score (nSPS) is 19.5. The molecule has 1 aromatic rings. The summed E-state index contributed by atoms with van der Waals surface area (Å²) in [5, 5.41) is 3.85. The number of rotatable bonds is 6. The van der Waals surface area contributed by atoms with E-state index in [1.165, 1.54) is 18.4 Å². The molecule has 0 unspecified atom stereocenters. The fourth-order valence-corrected chi connectivity index (χ4v) is 5.05. The Kier molecular flexibility index (Phi) is 6.41. The minimum Gasteiger partial charge on any atom is -0.345 e. The Morgan fingerprint density at radius 3 is 2.52 bits per heavy atom. The van der Waals surface area contributed by atoms with Crippen molar-refractivity contribution in [3.8, 4) is 0 Å². The van der Waals surface area contributed by atoms with Gasteiger partial charge in [0.05, 0.1) is 11.5 Å². The van der Waals surface area contributed by atoms with E-state index < -0.39 is 9.84 Å². The lowest BCUT2D eigenvalue weighted by molar-refractivity contribution is 0.355. The van der Waals surface area contributed by atoms with E-state index in [9.17, 15) is 8.42 Å². The van der Waals surface area contributed by atoms with Crippen molar-refractivity contribution in [2.45, 2.75) is 45.6 Å². The molecule has 1 saturated heterocycles. The fraction of sp³-hybridized carbons (Fsp3) is 0.588. The van der Waals surface area contributed by atoms with Crippen LogP contribution in [0.4, 0.5) is 5.69 Å². The number of nitrogens with zero attached hydrogens (tertiary/aromatic N) is 1. The maximum absolute atomic E-state index is 11.7. The van der Waals surface area contributed by atoms with E-state index in [1.807, 2.05) is 24.0 Å². The van der Waals surface area contributed by atoms with E-state index in [4.69, 9.17) is 12.2 Å². The summed E-state index contributed by atoms with van der Waals surface area (Å²) in [5.74, 6) is 0.474. The highest BCUT2D eigenvalue weighted by Gasteiger charge is 2.32. The summed E-state index contributed by atoms with van der Waals surface area (Å²) in [7, 11) is -2.90. The molecule has 0 saturated carbocycles. The van der Waals surface area contributed by atoms with Crippen LogP contribution in [0.5, 0.6) is 0 Å². The summed E-state index contributed by atoms with van der Waals surface area (Å²) in [6.07, 6.45) is 4.15. The van der Waals surface area contributed by atoms with E-state index in [0.29, 0.717) is 18.1 Å². The molecule has 6 heteroatoms. The van der Waals surface area contributed by atoms with Crippen LogP contribution in [0.3, 0.4) is 0 Å². The van der Waals surface area contributed by atoms with Crippen molar-refractivity contribution in [1.82, 2.24) is 4.90 Å². The van der Waals surface area contributed by atoms with Gasteiger partial charge in [-0.3, -0.25) is 0 Å². The van der Waals surface area contributed by atoms with Crippen LogP contribution in [0, 0.1) is 0 Å². The van der Waals surface area contributed by atoms with Gasteiger partial charge in [0.25, 0.3) is 0 Å². The van der Waals surface area contributed by atoms with Crippen LogP contribution < -0.4 is 5.32 Å². The molecule has 0 radical (unpaired) electrons. The first-order valence-corrected chi connectivity index (χ1v) is 10.5. The number of thiocarbonyl (C=S) groups is 1. The molecule has 0 aliphatic carbocycles. The van der Waals surface area contributed by atoms with Gasteiger partial charge in [-0.1, -0.05) is 25.5 Å². The highest BCUT2D eigenvalue weighted by Crippen LogP contribution is 2.19. The number of unbranched alkanes of at least 4 members (excludes halogenated alkanes) is 1. The molecular formula is C17H26N2O2S2. The molecular weight excluding hydrogens is 328 g/mol. The first-order valence-electron chi connectivity index (χ1n) is 8.32. The van der Waals surface area contributed by atoms with E-state index in [-0.39, 0.29) is 17.5 Å². The van der Waals surface area contributed by atoms with Crippen LogP contribution in [-0.2, 0) is 16.3 Å². The molecule has 1 atom stereocenters. The highest BCUT2D eigenvalue weighted by molar-refractivity contribution is 7.91. The Hall–Kier alpha value is -1.14. The largest absolute Gasteiger partial charge is 0.345 e. The van der Waals surface area contributed by atoms with Gasteiger partial charge in [-0.15, -0.1) is 0 Å². The van der Waals surface area contributed by atoms with Crippen molar-refractivity contribution in [1.29, 1.82) is 0 Å². The van der Waals surface area contributed by atoms with Crippen LogP contribution in [0.1, 0.15) is 38.7 Å². The molecule has 1 fully saturated rings.